The van der Waals surface area contributed by atoms with E-state index in [9.17, 15) is 8.42 Å². The van der Waals surface area contributed by atoms with Crippen molar-refractivity contribution in [3.8, 4) is 0 Å². The van der Waals surface area contributed by atoms with Crippen LogP contribution in [0.1, 0.15) is 24.3 Å². The van der Waals surface area contributed by atoms with Crippen LogP contribution < -0.4 is 0 Å². The zero-order valence-electron chi connectivity index (χ0n) is 11.3. The number of nitrogens with zero attached hydrogens (tertiary/aromatic N) is 1. The van der Waals surface area contributed by atoms with Crippen LogP contribution in [-0.2, 0) is 10.0 Å². The minimum atomic E-state index is -3.06. The number of halogens is 1. The first-order valence-electron chi connectivity index (χ1n) is 6.67. The zero-order valence-corrected chi connectivity index (χ0v) is 12.8. The molecule has 1 fully saturated rings. The SMILES string of the molecule is CS(=O)(=O)N1CCC(c2c[nH]c3c(Cl)cccc23)CC1. The summed E-state index contributed by atoms with van der Waals surface area (Å²) in [5.74, 6) is 0.389. The van der Waals surface area contributed by atoms with Gasteiger partial charge in [-0.15, -0.1) is 0 Å². The molecule has 0 amide bonds. The van der Waals surface area contributed by atoms with Crippen LogP contribution >= 0.6 is 11.6 Å². The molecular weight excluding hydrogens is 296 g/mol. The third-order valence-electron chi connectivity index (χ3n) is 4.06. The molecule has 108 valence electrons. The number of aromatic nitrogens is 1. The summed E-state index contributed by atoms with van der Waals surface area (Å²) in [5, 5.41) is 1.87. The van der Waals surface area contributed by atoms with E-state index < -0.39 is 10.0 Å². The van der Waals surface area contributed by atoms with Gasteiger partial charge in [-0.1, -0.05) is 23.7 Å². The summed E-state index contributed by atoms with van der Waals surface area (Å²) in [6, 6.07) is 5.89. The molecule has 0 saturated carbocycles. The molecule has 3 rings (SSSR count). The van der Waals surface area contributed by atoms with E-state index in [4.69, 9.17) is 11.6 Å². The van der Waals surface area contributed by atoms with Gasteiger partial charge in [0, 0.05) is 24.7 Å². The van der Waals surface area contributed by atoms with Crippen molar-refractivity contribution in [2.24, 2.45) is 0 Å². The lowest BCUT2D eigenvalue weighted by atomic mass is 9.90. The highest BCUT2D eigenvalue weighted by molar-refractivity contribution is 7.88. The Hall–Kier alpha value is -1.04. The number of rotatable bonds is 2. The van der Waals surface area contributed by atoms with Crippen molar-refractivity contribution in [3.63, 3.8) is 0 Å². The molecular formula is C14H17ClN2O2S. The molecule has 0 spiro atoms. The second-order valence-corrected chi connectivity index (χ2v) is 7.73. The molecule has 0 bridgehead atoms. The highest BCUT2D eigenvalue weighted by Crippen LogP contribution is 2.35. The summed E-state index contributed by atoms with van der Waals surface area (Å²) in [4.78, 5) is 3.23. The van der Waals surface area contributed by atoms with E-state index >= 15 is 0 Å². The van der Waals surface area contributed by atoms with Crippen LogP contribution in [0.3, 0.4) is 0 Å². The maximum atomic E-state index is 11.5. The zero-order chi connectivity index (χ0) is 14.3. The number of hydrogen-bond donors (Lipinski definition) is 1. The van der Waals surface area contributed by atoms with Gasteiger partial charge < -0.3 is 4.98 Å². The van der Waals surface area contributed by atoms with Gasteiger partial charge in [-0.2, -0.15) is 0 Å². The fraction of sp³-hybridized carbons (Fsp3) is 0.429. The lowest BCUT2D eigenvalue weighted by molar-refractivity contribution is 0.322. The fourth-order valence-corrected chi connectivity index (χ4v) is 4.08. The molecule has 0 atom stereocenters. The number of aromatic amines is 1. The molecule has 0 aliphatic carbocycles. The Kier molecular flexibility index (Phi) is 3.52. The summed E-state index contributed by atoms with van der Waals surface area (Å²) >= 11 is 6.17. The molecule has 1 aromatic carbocycles. The molecule has 1 aromatic heterocycles. The van der Waals surface area contributed by atoms with E-state index in [1.54, 1.807) is 4.31 Å². The quantitative estimate of drug-likeness (QED) is 0.927. The van der Waals surface area contributed by atoms with E-state index in [2.05, 4.69) is 11.1 Å². The molecule has 6 heteroatoms. The molecule has 1 saturated heterocycles. The van der Waals surface area contributed by atoms with Crippen LogP contribution in [0.15, 0.2) is 24.4 Å². The Morgan fingerprint density at radius 3 is 2.65 bits per heavy atom. The van der Waals surface area contributed by atoms with Crippen molar-refractivity contribution in [1.29, 1.82) is 0 Å². The normalized spacial score (nSPS) is 18.7. The minimum Gasteiger partial charge on any atom is -0.360 e. The average Bonchev–Trinajstić information content (AvgIpc) is 2.83. The Bertz CT molecular complexity index is 731. The average molecular weight is 313 g/mol. The summed E-state index contributed by atoms with van der Waals surface area (Å²) < 4.78 is 24.6. The van der Waals surface area contributed by atoms with Gasteiger partial charge in [0.2, 0.25) is 10.0 Å². The summed E-state index contributed by atoms with van der Waals surface area (Å²) in [7, 11) is -3.06. The van der Waals surface area contributed by atoms with Gasteiger partial charge in [-0.3, -0.25) is 0 Å². The maximum absolute atomic E-state index is 11.5. The summed E-state index contributed by atoms with van der Waals surface area (Å²) in [6.07, 6.45) is 5.00. The smallest absolute Gasteiger partial charge is 0.211 e. The molecule has 1 N–H and O–H groups in total. The van der Waals surface area contributed by atoms with Crippen LogP contribution in [0.4, 0.5) is 0 Å². The van der Waals surface area contributed by atoms with Gasteiger partial charge in [-0.05, 0) is 30.4 Å². The molecule has 1 aliphatic rings. The lowest BCUT2D eigenvalue weighted by Gasteiger charge is -2.30. The number of piperidine rings is 1. The first-order valence-corrected chi connectivity index (χ1v) is 8.90. The predicted octanol–water partition coefficient (Wildman–Crippen LogP) is 2.96. The first kappa shape index (κ1) is 13.9. The number of sulfonamides is 1. The highest BCUT2D eigenvalue weighted by Gasteiger charge is 2.27. The number of fused-ring (bicyclic) bond motifs is 1. The van der Waals surface area contributed by atoms with Crippen LogP contribution in [0, 0.1) is 0 Å². The van der Waals surface area contributed by atoms with Crippen molar-refractivity contribution in [1.82, 2.24) is 9.29 Å². The number of para-hydroxylation sites is 1. The Labute approximate surface area is 123 Å². The van der Waals surface area contributed by atoms with Gasteiger partial charge in [0.25, 0.3) is 0 Å². The van der Waals surface area contributed by atoms with Crippen LogP contribution in [0.25, 0.3) is 10.9 Å². The molecule has 2 heterocycles. The maximum Gasteiger partial charge on any atom is 0.211 e. The monoisotopic (exact) mass is 312 g/mol. The lowest BCUT2D eigenvalue weighted by Crippen LogP contribution is -2.37. The fourth-order valence-electron chi connectivity index (χ4n) is 2.98. The number of H-pyrrole nitrogens is 1. The summed E-state index contributed by atoms with van der Waals surface area (Å²) in [5.41, 5.74) is 2.21. The number of hydrogen-bond acceptors (Lipinski definition) is 2. The predicted molar refractivity (Wildman–Crippen MR) is 81.7 cm³/mol. The molecule has 0 radical (unpaired) electrons. The van der Waals surface area contributed by atoms with Crippen LogP contribution in [-0.4, -0.2) is 37.1 Å². The van der Waals surface area contributed by atoms with E-state index in [0.29, 0.717) is 19.0 Å². The van der Waals surface area contributed by atoms with E-state index in [0.717, 1.165) is 28.8 Å². The van der Waals surface area contributed by atoms with Gasteiger partial charge in [-0.25, -0.2) is 12.7 Å². The minimum absolute atomic E-state index is 0.389. The molecule has 0 unspecified atom stereocenters. The van der Waals surface area contributed by atoms with Crippen LogP contribution in [0.2, 0.25) is 5.02 Å². The standard InChI is InChI=1S/C14H17ClN2O2S/c1-20(18,19)17-7-5-10(6-8-17)12-9-16-14-11(12)3-2-4-13(14)15/h2-4,9-10,16H,5-8H2,1H3. The Morgan fingerprint density at radius 2 is 2.00 bits per heavy atom. The third-order valence-corrected chi connectivity index (χ3v) is 5.68. The molecule has 2 aromatic rings. The van der Waals surface area contributed by atoms with Gasteiger partial charge >= 0.3 is 0 Å². The van der Waals surface area contributed by atoms with Crippen molar-refractivity contribution in [3.05, 3.63) is 35.0 Å². The van der Waals surface area contributed by atoms with Gasteiger partial charge in [0.15, 0.2) is 0 Å². The Balaban J connectivity index is 1.86. The van der Waals surface area contributed by atoms with Crippen molar-refractivity contribution in [2.45, 2.75) is 18.8 Å². The largest absolute Gasteiger partial charge is 0.360 e. The summed E-state index contributed by atoms with van der Waals surface area (Å²) in [6.45, 7) is 1.19. The number of benzene rings is 1. The van der Waals surface area contributed by atoms with E-state index in [-0.39, 0.29) is 0 Å². The topological polar surface area (TPSA) is 53.2 Å². The van der Waals surface area contributed by atoms with Gasteiger partial charge in [0.05, 0.1) is 16.8 Å². The third kappa shape index (κ3) is 2.45. The van der Waals surface area contributed by atoms with Gasteiger partial charge in [0.1, 0.15) is 0 Å². The second kappa shape index (κ2) is 5.06. The Morgan fingerprint density at radius 1 is 1.30 bits per heavy atom. The first-order chi connectivity index (χ1) is 9.47. The molecule has 20 heavy (non-hydrogen) atoms. The highest BCUT2D eigenvalue weighted by atomic mass is 35.5. The second-order valence-electron chi connectivity index (χ2n) is 5.34. The van der Waals surface area contributed by atoms with Crippen molar-refractivity contribution < 1.29 is 8.42 Å². The van der Waals surface area contributed by atoms with Crippen LogP contribution in [0.5, 0.6) is 0 Å². The molecule has 1 aliphatic heterocycles. The number of nitrogens with one attached hydrogen (secondary N) is 1. The molecule has 4 nitrogen and oxygen atoms in total. The van der Waals surface area contributed by atoms with E-state index in [1.165, 1.54) is 11.8 Å². The van der Waals surface area contributed by atoms with E-state index in [1.807, 2.05) is 18.3 Å². The van der Waals surface area contributed by atoms with Crippen molar-refractivity contribution in [2.75, 3.05) is 19.3 Å². The van der Waals surface area contributed by atoms with Crippen molar-refractivity contribution >= 4 is 32.5 Å².